The summed E-state index contributed by atoms with van der Waals surface area (Å²) in [5.41, 5.74) is 1.92. The topological polar surface area (TPSA) is 76.7 Å². The summed E-state index contributed by atoms with van der Waals surface area (Å²) >= 11 is 0. The highest BCUT2D eigenvalue weighted by atomic mass is 19.1. The molecule has 0 atom stereocenters. The van der Waals surface area contributed by atoms with E-state index in [0.29, 0.717) is 30.1 Å². The Kier molecular flexibility index (Phi) is 5.61. The third kappa shape index (κ3) is 4.75. The first-order valence-electron chi connectivity index (χ1n) is 9.45. The predicted octanol–water partition coefficient (Wildman–Crippen LogP) is 4.52. The monoisotopic (exact) mass is 406 g/mol. The van der Waals surface area contributed by atoms with E-state index < -0.39 is 11.7 Å². The van der Waals surface area contributed by atoms with Crippen LogP contribution < -0.4 is 20.1 Å². The van der Waals surface area contributed by atoms with Crippen LogP contribution in [-0.4, -0.2) is 18.4 Å². The molecule has 0 unspecified atom stereocenters. The second kappa shape index (κ2) is 8.65. The smallest absolute Gasteiger partial charge is 0.262 e. The van der Waals surface area contributed by atoms with Crippen LogP contribution in [-0.2, 0) is 16.0 Å². The molecule has 0 bridgehead atoms. The Labute approximate surface area is 172 Å². The van der Waals surface area contributed by atoms with Gasteiger partial charge in [-0.1, -0.05) is 18.2 Å². The SMILES string of the molecule is O=C1CCc2cc(OCC(=O)Nc3cc(F)ccc3Oc3ccccc3)ccc2N1. The molecule has 3 aromatic carbocycles. The van der Waals surface area contributed by atoms with Gasteiger partial charge in [-0.15, -0.1) is 0 Å². The maximum Gasteiger partial charge on any atom is 0.262 e. The van der Waals surface area contributed by atoms with Gasteiger partial charge in [-0.3, -0.25) is 9.59 Å². The summed E-state index contributed by atoms with van der Waals surface area (Å²) in [6.07, 6.45) is 1.04. The molecule has 3 aromatic rings. The Morgan fingerprint density at radius 1 is 1.00 bits per heavy atom. The van der Waals surface area contributed by atoms with E-state index in [4.69, 9.17) is 9.47 Å². The molecule has 152 valence electrons. The van der Waals surface area contributed by atoms with Crippen LogP contribution in [0.1, 0.15) is 12.0 Å². The molecule has 0 saturated carbocycles. The lowest BCUT2D eigenvalue weighted by Crippen LogP contribution is -2.21. The highest BCUT2D eigenvalue weighted by Crippen LogP contribution is 2.30. The van der Waals surface area contributed by atoms with E-state index in [2.05, 4.69) is 10.6 Å². The molecule has 0 radical (unpaired) electrons. The van der Waals surface area contributed by atoms with Crippen molar-refractivity contribution >= 4 is 23.2 Å². The van der Waals surface area contributed by atoms with Crippen molar-refractivity contribution in [2.45, 2.75) is 12.8 Å². The van der Waals surface area contributed by atoms with Crippen molar-refractivity contribution in [3.8, 4) is 17.2 Å². The first-order valence-corrected chi connectivity index (χ1v) is 9.45. The maximum absolute atomic E-state index is 13.7. The molecule has 1 heterocycles. The third-order valence-electron chi connectivity index (χ3n) is 4.53. The second-order valence-electron chi connectivity index (χ2n) is 6.76. The number of carbonyl (C=O) groups excluding carboxylic acids is 2. The number of rotatable bonds is 6. The summed E-state index contributed by atoms with van der Waals surface area (Å²) in [6.45, 7) is -0.258. The molecule has 1 aliphatic heterocycles. The van der Waals surface area contributed by atoms with Crippen LogP contribution in [0.3, 0.4) is 0 Å². The molecule has 2 N–H and O–H groups in total. The van der Waals surface area contributed by atoms with Gasteiger partial charge in [0, 0.05) is 18.2 Å². The first-order chi connectivity index (χ1) is 14.6. The van der Waals surface area contributed by atoms with Crippen molar-refractivity contribution in [1.29, 1.82) is 0 Å². The zero-order valence-electron chi connectivity index (χ0n) is 16.0. The number of anilines is 2. The van der Waals surface area contributed by atoms with Gasteiger partial charge in [-0.2, -0.15) is 0 Å². The molecule has 0 fully saturated rings. The number of fused-ring (bicyclic) bond motifs is 1. The van der Waals surface area contributed by atoms with Gasteiger partial charge in [0.25, 0.3) is 5.91 Å². The van der Waals surface area contributed by atoms with Gasteiger partial charge in [-0.25, -0.2) is 4.39 Å². The lowest BCUT2D eigenvalue weighted by atomic mass is 10.0. The molecule has 0 aromatic heterocycles. The number of aryl methyl sites for hydroxylation is 1. The van der Waals surface area contributed by atoms with Crippen molar-refractivity contribution in [2.24, 2.45) is 0 Å². The van der Waals surface area contributed by atoms with Gasteiger partial charge in [0.2, 0.25) is 5.91 Å². The zero-order valence-corrected chi connectivity index (χ0v) is 16.0. The fourth-order valence-electron chi connectivity index (χ4n) is 3.09. The minimum atomic E-state index is -0.497. The minimum Gasteiger partial charge on any atom is -0.484 e. The number of nitrogens with one attached hydrogen (secondary N) is 2. The molecule has 6 nitrogen and oxygen atoms in total. The van der Waals surface area contributed by atoms with Gasteiger partial charge < -0.3 is 20.1 Å². The van der Waals surface area contributed by atoms with E-state index in [0.717, 1.165) is 11.3 Å². The molecular formula is C23H19FN2O4. The molecule has 0 saturated heterocycles. The molecule has 2 amide bonds. The summed E-state index contributed by atoms with van der Waals surface area (Å²) in [5, 5.41) is 5.42. The summed E-state index contributed by atoms with van der Waals surface area (Å²) < 4.78 is 25.0. The number of benzene rings is 3. The molecule has 0 spiro atoms. The fraction of sp³-hybridized carbons (Fsp3) is 0.130. The zero-order chi connectivity index (χ0) is 20.9. The standard InChI is InChI=1S/C23H19FN2O4/c24-16-7-10-21(30-17-4-2-1-3-5-17)20(13-16)26-23(28)14-29-18-8-9-19-15(12-18)6-11-22(27)25-19/h1-5,7-10,12-13H,6,11,14H2,(H,25,27)(H,26,28). The number of ether oxygens (including phenoxy) is 2. The molecule has 1 aliphatic rings. The van der Waals surface area contributed by atoms with E-state index in [1.54, 1.807) is 30.3 Å². The normalized spacial score (nSPS) is 12.5. The van der Waals surface area contributed by atoms with Crippen LogP contribution in [0.2, 0.25) is 0 Å². The Bertz CT molecular complexity index is 1090. The molecule has 30 heavy (non-hydrogen) atoms. The number of halogens is 1. The predicted molar refractivity (Wildman–Crippen MR) is 110 cm³/mol. The quantitative estimate of drug-likeness (QED) is 0.631. The second-order valence-corrected chi connectivity index (χ2v) is 6.76. The lowest BCUT2D eigenvalue weighted by molar-refractivity contribution is -0.118. The highest BCUT2D eigenvalue weighted by Gasteiger charge is 2.16. The van der Waals surface area contributed by atoms with Gasteiger partial charge >= 0.3 is 0 Å². The molecule has 7 heteroatoms. The van der Waals surface area contributed by atoms with E-state index in [-0.39, 0.29) is 18.2 Å². The van der Waals surface area contributed by atoms with Gasteiger partial charge in [0.05, 0.1) is 5.69 Å². The van der Waals surface area contributed by atoms with Crippen LogP contribution in [0.25, 0.3) is 0 Å². The summed E-state index contributed by atoms with van der Waals surface area (Å²) in [4.78, 5) is 23.8. The average Bonchev–Trinajstić information content (AvgIpc) is 2.75. The van der Waals surface area contributed by atoms with Gasteiger partial charge in [0.1, 0.15) is 17.3 Å². The maximum atomic E-state index is 13.7. The number of hydrogen-bond donors (Lipinski definition) is 2. The fourth-order valence-corrected chi connectivity index (χ4v) is 3.09. The Morgan fingerprint density at radius 2 is 1.83 bits per heavy atom. The molecule has 4 rings (SSSR count). The number of para-hydroxylation sites is 1. The van der Waals surface area contributed by atoms with Crippen LogP contribution in [0.15, 0.2) is 66.7 Å². The van der Waals surface area contributed by atoms with Crippen LogP contribution >= 0.6 is 0 Å². The minimum absolute atomic E-state index is 0.0147. The van der Waals surface area contributed by atoms with Crippen molar-refractivity contribution in [3.05, 3.63) is 78.1 Å². The Balaban J connectivity index is 1.40. The van der Waals surface area contributed by atoms with Gasteiger partial charge in [0.15, 0.2) is 12.4 Å². The average molecular weight is 406 g/mol. The third-order valence-corrected chi connectivity index (χ3v) is 4.53. The summed E-state index contributed by atoms with van der Waals surface area (Å²) in [6, 6.07) is 18.1. The molecular weight excluding hydrogens is 387 g/mol. The van der Waals surface area contributed by atoms with E-state index in [1.165, 1.54) is 18.2 Å². The van der Waals surface area contributed by atoms with Crippen molar-refractivity contribution in [2.75, 3.05) is 17.2 Å². The summed E-state index contributed by atoms with van der Waals surface area (Å²) in [5.74, 6) is 0.435. The van der Waals surface area contributed by atoms with Crippen molar-refractivity contribution in [3.63, 3.8) is 0 Å². The van der Waals surface area contributed by atoms with Crippen LogP contribution in [0, 0.1) is 5.82 Å². The summed E-state index contributed by atoms with van der Waals surface area (Å²) in [7, 11) is 0. The Morgan fingerprint density at radius 3 is 2.67 bits per heavy atom. The van der Waals surface area contributed by atoms with E-state index in [9.17, 15) is 14.0 Å². The van der Waals surface area contributed by atoms with Crippen molar-refractivity contribution < 1.29 is 23.5 Å². The van der Waals surface area contributed by atoms with E-state index >= 15 is 0 Å². The number of hydrogen-bond acceptors (Lipinski definition) is 4. The van der Waals surface area contributed by atoms with Crippen molar-refractivity contribution in [1.82, 2.24) is 0 Å². The Hall–Kier alpha value is -3.87. The van der Waals surface area contributed by atoms with Crippen LogP contribution in [0.4, 0.5) is 15.8 Å². The van der Waals surface area contributed by atoms with Crippen LogP contribution in [0.5, 0.6) is 17.2 Å². The first kappa shape index (κ1) is 19.4. The molecule has 0 aliphatic carbocycles. The number of carbonyl (C=O) groups is 2. The highest BCUT2D eigenvalue weighted by molar-refractivity contribution is 5.94. The van der Waals surface area contributed by atoms with Gasteiger partial charge in [-0.05, 0) is 54.4 Å². The lowest BCUT2D eigenvalue weighted by Gasteiger charge is -2.17. The van der Waals surface area contributed by atoms with E-state index in [1.807, 2.05) is 18.2 Å². The number of amides is 2. The largest absolute Gasteiger partial charge is 0.484 e.